The molecule has 0 heterocycles. The predicted molar refractivity (Wildman–Crippen MR) is 53.6 cm³/mol. The van der Waals surface area contributed by atoms with E-state index in [1.165, 1.54) is 12.1 Å². The molecule has 0 bridgehead atoms. The van der Waals surface area contributed by atoms with Crippen molar-refractivity contribution in [3.8, 4) is 5.75 Å². The van der Waals surface area contributed by atoms with E-state index in [-0.39, 0.29) is 5.69 Å². The minimum absolute atomic E-state index is 0.206. The Labute approximate surface area is 96.1 Å². The minimum atomic E-state index is -4.81. The number of rotatable bonds is 2. The number of hydrogen-bond acceptors (Lipinski definition) is 3. The Hall–Kier alpha value is -1.08. The van der Waals surface area contributed by atoms with Gasteiger partial charge in [-0.15, -0.1) is 13.2 Å². The van der Waals surface area contributed by atoms with Gasteiger partial charge in [0.25, 0.3) is 0 Å². The molecule has 0 saturated heterocycles. The highest BCUT2D eigenvalue weighted by Crippen LogP contribution is 2.33. The number of benzene rings is 1. The third-order valence-corrected chi connectivity index (χ3v) is 1.98. The Kier molecular flexibility index (Phi) is 3.70. The highest BCUT2D eigenvalue weighted by atomic mass is 127. The zero-order valence-electron chi connectivity index (χ0n) is 7.01. The van der Waals surface area contributed by atoms with Gasteiger partial charge in [-0.25, -0.2) is 4.79 Å². The van der Waals surface area contributed by atoms with Crippen molar-refractivity contribution in [1.82, 2.24) is 0 Å². The number of carbonyl (C=O) groups excluding carboxylic acids is 1. The first-order valence-electron chi connectivity index (χ1n) is 3.55. The van der Waals surface area contributed by atoms with Gasteiger partial charge in [-0.2, -0.15) is 4.99 Å². The van der Waals surface area contributed by atoms with Crippen LogP contribution in [0.25, 0.3) is 0 Å². The molecule has 15 heavy (non-hydrogen) atoms. The Balaban J connectivity index is 3.13. The van der Waals surface area contributed by atoms with E-state index in [1.54, 1.807) is 0 Å². The summed E-state index contributed by atoms with van der Waals surface area (Å²) in [5.41, 5.74) is -0.206. The molecule has 0 unspecified atom stereocenters. The van der Waals surface area contributed by atoms with Crippen LogP contribution in [0.15, 0.2) is 23.2 Å². The van der Waals surface area contributed by atoms with Gasteiger partial charge in [0, 0.05) is 3.57 Å². The van der Waals surface area contributed by atoms with Gasteiger partial charge in [0.05, 0.1) is 0 Å². The van der Waals surface area contributed by atoms with Crippen LogP contribution >= 0.6 is 22.6 Å². The average molecular weight is 329 g/mol. The fraction of sp³-hybridized carbons (Fsp3) is 0.125. The van der Waals surface area contributed by atoms with Crippen LogP contribution in [0, 0.1) is 3.57 Å². The molecule has 0 aromatic heterocycles. The molecule has 0 aliphatic rings. The zero-order chi connectivity index (χ0) is 11.5. The van der Waals surface area contributed by atoms with E-state index in [2.05, 4.69) is 9.73 Å². The SMILES string of the molecule is O=C=Nc1ccc(I)cc1OC(F)(F)F. The lowest BCUT2D eigenvalue weighted by molar-refractivity contribution is -0.274. The molecular formula is C8H3F3INO2. The van der Waals surface area contributed by atoms with E-state index in [4.69, 9.17) is 0 Å². The number of nitrogens with zero attached hydrogens (tertiary/aromatic N) is 1. The fourth-order valence-electron chi connectivity index (χ4n) is 0.836. The maximum absolute atomic E-state index is 11.9. The van der Waals surface area contributed by atoms with Gasteiger partial charge < -0.3 is 4.74 Å². The summed E-state index contributed by atoms with van der Waals surface area (Å²) in [7, 11) is 0. The lowest BCUT2D eigenvalue weighted by Crippen LogP contribution is -2.17. The number of alkyl halides is 3. The summed E-state index contributed by atoms with van der Waals surface area (Å²) < 4.78 is 40.0. The molecule has 0 fully saturated rings. The van der Waals surface area contributed by atoms with Crippen LogP contribution < -0.4 is 4.74 Å². The number of isocyanates is 1. The third kappa shape index (κ3) is 3.88. The van der Waals surface area contributed by atoms with Crippen molar-refractivity contribution >= 4 is 34.4 Å². The molecule has 0 radical (unpaired) electrons. The minimum Gasteiger partial charge on any atom is -0.403 e. The molecule has 0 N–H and O–H groups in total. The third-order valence-electron chi connectivity index (χ3n) is 1.31. The zero-order valence-corrected chi connectivity index (χ0v) is 9.17. The average Bonchev–Trinajstić information content (AvgIpc) is 2.07. The standard InChI is InChI=1S/C8H3F3INO2/c9-8(10,11)15-7-3-5(12)1-2-6(7)13-4-14/h1-3H. The van der Waals surface area contributed by atoms with Gasteiger partial charge in [0.1, 0.15) is 5.69 Å². The molecule has 1 aromatic carbocycles. The van der Waals surface area contributed by atoms with E-state index in [1.807, 2.05) is 22.6 Å². The van der Waals surface area contributed by atoms with Crippen LogP contribution in [-0.4, -0.2) is 12.4 Å². The Morgan fingerprint density at radius 3 is 2.60 bits per heavy atom. The van der Waals surface area contributed by atoms with Crippen LogP contribution in [0.1, 0.15) is 0 Å². The largest absolute Gasteiger partial charge is 0.573 e. The molecule has 1 aromatic rings. The normalized spacial score (nSPS) is 10.7. The topological polar surface area (TPSA) is 38.7 Å². The van der Waals surface area contributed by atoms with E-state index >= 15 is 0 Å². The van der Waals surface area contributed by atoms with Gasteiger partial charge in [0.2, 0.25) is 6.08 Å². The van der Waals surface area contributed by atoms with Crippen molar-refractivity contribution in [2.24, 2.45) is 4.99 Å². The molecule has 1 rings (SSSR count). The maximum atomic E-state index is 11.9. The monoisotopic (exact) mass is 329 g/mol. The molecule has 0 amide bonds. The summed E-state index contributed by atoms with van der Waals surface area (Å²) in [6.45, 7) is 0. The van der Waals surface area contributed by atoms with Crippen molar-refractivity contribution in [2.75, 3.05) is 0 Å². The summed E-state index contributed by atoms with van der Waals surface area (Å²) in [6, 6.07) is 3.87. The van der Waals surface area contributed by atoms with Crippen molar-refractivity contribution in [3.05, 3.63) is 21.8 Å². The van der Waals surface area contributed by atoms with Crippen LogP contribution in [0.4, 0.5) is 18.9 Å². The number of halogens is 4. The van der Waals surface area contributed by atoms with Crippen molar-refractivity contribution < 1.29 is 22.7 Å². The molecule has 0 aliphatic heterocycles. The quantitative estimate of drug-likeness (QED) is 0.475. The van der Waals surface area contributed by atoms with Crippen LogP contribution in [0.5, 0.6) is 5.75 Å². The van der Waals surface area contributed by atoms with Crippen LogP contribution in [0.2, 0.25) is 0 Å². The second-order valence-electron chi connectivity index (χ2n) is 2.36. The van der Waals surface area contributed by atoms with Crippen LogP contribution in [-0.2, 0) is 4.79 Å². The fourth-order valence-corrected chi connectivity index (χ4v) is 1.30. The van der Waals surface area contributed by atoms with Crippen molar-refractivity contribution in [1.29, 1.82) is 0 Å². The van der Waals surface area contributed by atoms with Crippen molar-refractivity contribution in [3.63, 3.8) is 0 Å². The summed E-state index contributed by atoms with van der Waals surface area (Å²) in [4.78, 5) is 13.0. The number of aliphatic imine (C=N–C) groups is 1. The molecule has 0 spiro atoms. The lowest BCUT2D eigenvalue weighted by Gasteiger charge is -2.10. The second kappa shape index (κ2) is 4.63. The number of ether oxygens (including phenoxy) is 1. The predicted octanol–water partition coefficient (Wildman–Crippen LogP) is 3.16. The summed E-state index contributed by atoms with van der Waals surface area (Å²) in [5.74, 6) is -0.516. The van der Waals surface area contributed by atoms with Gasteiger partial charge in [-0.3, -0.25) is 0 Å². The van der Waals surface area contributed by atoms with E-state index < -0.39 is 12.1 Å². The van der Waals surface area contributed by atoms with E-state index in [0.717, 1.165) is 12.1 Å². The molecule has 80 valence electrons. The first-order chi connectivity index (χ1) is 6.92. The van der Waals surface area contributed by atoms with E-state index in [9.17, 15) is 18.0 Å². The summed E-state index contributed by atoms with van der Waals surface area (Å²) in [5, 5.41) is 0. The molecule has 0 saturated carbocycles. The molecule has 0 atom stereocenters. The molecule has 7 heteroatoms. The summed E-state index contributed by atoms with van der Waals surface area (Å²) in [6.07, 6.45) is -3.65. The second-order valence-corrected chi connectivity index (χ2v) is 3.61. The van der Waals surface area contributed by atoms with Gasteiger partial charge in [0.15, 0.2) is 5.75 Å². The van der Waals surface area contributed by atoms with Gasteiger partial charge in [-0.1, -0.05) is 0 Å². The molecular weight excluding hydrogens is 326 g/mol. The first-order valence-corrected chi connectivity index (χ1v) is 4.63. The van der Waals surface area contributed by atoms with Crippen molar-refractivity contribution in [2.45, 2.75) is 6.36 Å². The smallest absolute Gasteiger partial charge is 0.403 e. The van der Waals surface area contributed by atoms with E-state index in [0.29, 0.717) is 3.57 Å². The Morgan fingerprint density at radius 1 is 1.40 bits per heavy atom. The highest BCUT2D eigenvalue weighted by Gasteiger charge is 2.32. The lowest BCUT2D eigenvalue weighted by atomic mass is 10.3. The Morgan fingerprint density at radius 2 is 2.07 bits per heavy atom. The molecule has 3 nitrogen and oxygen atoms in total. The summed E-state index contributed by atoms with van der Waals surface area (Å²) >= 11 is 1.81. The Bertz CT molecular complexity index is 413. The molecule has 0 aliphatic carbocycles. The maximum Gasteiger partial charge on any atom is 0.573 e. The van der Waals surface area contributed by atoms with Crippen LogP contribution in [0.3, 0.4) is 0 Å². The van der Waals surface area contributed by atoms with Gasteiger partial charge >= 0.3 is 6.36 Å². The van der Waals surface area contributed by atoms with Gasteiger partial charge in [-0.05, 0) is 40.8 Å². The number of hydrogen-bond donors (Lipinski definition) is 0. The highest BCUT2D eigenvalue weighted by molar-refractivity contribution is 14.1. The first kappa shape index (κ1) is 12.0.